The number of allylic oxidation sites excluding steroid dienone is 4. The van der Waals surface area contributed by atoms with Crippen LogP contribution < -0.4 is 0 Å². The van der Waals surface area contributed by atoms with Crippen molar-refractivity contribution in [1.29, 1.82) is 0 Å². The van der Waals surface area contributed by atoms with Gasteiger partial charge in [0.05, 0.1) is 0 Å². The van der Waals surface area contributed by atoms with Crippen molar-refractivity contribution >= 4 is 0 Å². The minimum Gasteiger partial charge on any atom is -0.508 e. The topological polar surface area (TPSA) is 40.5 Å². The molecule has 150 valence electrons. The predicted molar refractivity (Wildman–Crippen MR) is 117 cm³/mol. The number of hydrogen-bond donors (Lipinski definition) is 2. The lowest BCUT2D eigenvalue weighted by molar-refractivity contribution is 0.439. The van der Waals surface area contributed by atoms with Gasteiger partial charge >= 0.3 is 0 Å². The van der Waals surface area contributed by atoms with Crippen LogP contribution >= 0.6 is 0 Å². The molecular weight excluding hydrogens is 320 g/mol. The highest BCUT2D eigenvalue weighted by Crippen LogP contribution is 2.30. The zero-order valence-electron chi connectivity index (χ0n) is 18.2. The summed E-state index contributed by atoms with van der Waals surface area (Å²) in [6.07, 6.45) is 13.3. The highest BCUT2D eigenvalue weighted by atomic mass is 16.3. The van der Waals surface area contributed by atoms with Gasteiger partial charge in [-0.05, 0) is 63.6 Å². The van der Waals surface area contributed by atoms with E-state index in [0.717, 1.165) is 31.2 Å². The number of rotatable bonds is 9. The first-order chi connectivity index (χ1) is 12.6. The highest BCUT2D eigenvalue weighted by molar-refractivity contribution is 5.47. The summed E-state index contributed by atoms with van der Waals surface area (Å²) in [5.41, 5.74) is 2.93. The molecule has 0 amide bonds. The molecule has 2 N–H and O–H groups in total. The molecule has 0 atom stereocenters. The van der Waals surface area contributed by atoms with Crippen molar-refractivity contribution in [1.82, 2.24) is 0 Å². The molecule has 0 fully saturated rings. The number of hydrogen-bond acceptors (Lipinski definition) is 2. The summed E-state index contributed by atoms with van der Waals surface area (Å²) in [6, 6.07) is 3.60. The van der Waals surface area contributed by atoms with E-state index in [1.54, 1.807) is 12.1 Å². The van der Waals surface area contributed by atoms with Gasteiger partial charge in [0, 0.05) is 5.56 Å². The fourth-order valence-corrected chi connectivity index (χ4v) is 2.49. The van der Waals surface area contributed by atoms with Crippen molar-refractivity contribution in [2.45, 2.75) is 93.4 Å². The van der Waals surface area contributed by atoms with E-state index < -0.39 is 0 Å². The number of benzene rings is 1. The average molecular weight is 363 g/mol. The first-order valence-corrected chi connectivity index (χ1v) is 10.4. The second-order valence-corrected chi connectivity index (χ2v) is 5.93. The summed E-state index contributed by atoms with van der Waals surface area (Å²) >= 11 is 0. The van der Waals surface area contributed by atoms with E-state index >= 15 is 0 Å². The molecule has 2 nitrogen and oxygen atoms in total. The third-order valence-corrected chi connectivity index (χ3v) is 3.93. The number of aryl methyl sites for hydroxylation is 1. The van der Waals surface area contributed by atoms with Crippen molar-refractivity contribution in [3.8, 4) is 11.5 Å². The first kappa shape index (κ1) is 26.5. The Labute approximate surface area is 162 Å². The Hall–Kier alpha value is -1.70. The molecule has 0 saturated heterocycles. The van der Waals surface area contributed by atoms with Gasteiger partial charge in [0.1, 0.15) is 11.5 Å². The summed E-state index contributed by atoms with van der Waals surface area (Å²) < 4.78 is 0. The Morgan fingerprint density at radius 1 is 1.00 bits per heavy atom. The molecule has 0 aliphatic carbocycles. The highest BCUT2D eigenvalue weighted by Gasteiger charge is 2.09. The van der Waals surface area contributed by atoms with Gasteiger partial charge in [0.2, 0.25) is 0 Å². The second kappa shape index (κ2) is 18.1. The number of aromatic hydroxyl groups is 2. The van der Waals surface area contributed by atoms with E-state index in [9.17, 15) is 10.2 Å². The van der Waals surface area contributed by atoms with Gasteiger partial charge < -0.3 is 10.2 Å². The summed E-state index contributed by atoms with van der Waals surface area (Å²) in [5, 5.41) is 20.3. The molecule has 1 aromatic rings. The quantitative estimate of drug-likeness (QED) is 0.348. The number of unbranched alkanes of at least 4 members (excludes halogenated alkanes) is 2. The van der Waals surface area contributed by atoms with Gasteiger partial charge in [-0.3, -0.25) is 0 Å². The lowest BCUT2D eigenvalue weighted by Crippen LogP contribution is -1.91. The predicted octanol–water partition coefficient (Wildman–Crippen LogP) is 7.73. The summed E-state index contributed by atoms with van der Waals surface area (Å²) in [5.74, 6) is 0.424. The van der Waals surface area contributed by atoms with Gasteiger partial charge in [-0.1, -0.05) is 71.3 Å². The van der Waals surface area contributed by atoms with Gasteiger partial charge in [-0.25, -0.2) is 0 Å². The van der Waals surface area contributed by atoms with Crippen LogP contribution in [0.4, 0.5) is 0 Å². The standard InChI is InChI=1S/C20H30O2.2C2H6/c1-4-6-8-10-16(3)12-13-18-19(21)14-17(15-20(18)22)11-9-7-5-2;2*1-2/h4,6,12,14-15,21-22H,5,7-11,13H2,1-3H3;2*1-2H3/b6-4-,16-12+;;. The number of phenolic OH excluding ortho intramolecular Hbond substituents is 2. The Kier molecular flexibility index (Phi) is 18.5. The van der Waals surface area contributed by atoms with Crippen LogP contribution in [0.3, 0.4) is 0 Å². The molecule has 0 aliphatic rings. The van der Waals surface area contributed by atoms with Crippen LogP contribution in [0.1, 0.15) is 91.7 Å². The van der Waals surface area contributed by atoms with E-state index in [1.165, 1.54) is 18.4 Å². The fraction of sp³-hybridized carbons (Fsp3) is 0.583. The van der Waals surface area contributed by atoms with E-state index in [0.29, 0.717) is 12.0 Å². The van der Waals surface area contributed by atoms with Crippen LogP contribution in [0.2, 0.25) is 0 Å². The largest absolute Gasteiger partial charge is 0.508 e. The van der Waals surface area contributed by atoms with E-state index in [4.69, 9.17) is 0 Å². The molecule has 1 aromatic carbocycles. The average Bonchev–Trinajstić information content (AvgIpc) is 2.65. The van der Waals surface area contributed by atoms with Gasteiger partial charge in [0.15, 0.2) is 0 Å². The van der Waals surface area contributed by atoms with Gasteiger partial charge in [-0.15, -0.1) is 0 Å². The van der Waals surface area contributed by atoms with E-state index in [-0.39, 0.29) is 11.5 Å². The Bertz CT molecular complexity index is 490. The second-order valence-electron chi connectivity index (χ2n) is 5.93. The van der Waals surface area contributed by atoms with Crippen molar-refractivity contribution in [2.75, 3.05) is 0 Å². The molecule has 0 unspecified atom stereocenters. The monoisotopic (exact) mass is 362 g/mol. The smallest absolute Gasteiger partial charge is 0.123 e. The van der Waals surface area contributed by atoms with Gasteiger partial charge in [0.25, 0.3) is 0 Å². The minimum atomic E-state index is 0.212. The maximum Gasteiger partial charge on any atom is 0.123 e. The van der Waals surface area contributed by atoms with Crippen LogP contribution in [0.25, 0.3) is 0 Å². The fourth-order valence-electron chi connectivity index (χ4n) is 2.49. The van der Waals surface area contributed by atoms with Crippen LogP contribution in [0.15, 0.2) is 35.9 Å². The lowest BCUT2D eigenvalue weighted by Gasteiger charge is -2.09. The summed E-state index contributed by atoms with van der Waals surface area (Å²) in [6.45, 7) is 14.3. The van der Waals surface area contributed by atoms with Crippen molar-refractivity contribution in [2.24, 2.45) is 0 Å². The molecule has 0 saturated carbocycles. The normalized spacial score (nSPS) is 10.8. The maximum absolute atomic E-state index is 10.2. The van der Waals surface area contributed by atoms with Crippen LogP contribution in [0.5, 0.6) is 11.5 Å². The molecular formula is C24H42O2. The molecule has 0 bridgehead atoms. The van der Waals surface area contributed by atoms with Crippen LogP contribution in [-0.2, 0) is 12.8 Å². The molecule has 26 heavy (non-hydrogen) atoms. The van der Waals surface area contributed by atoms with Crippen molar-refractivity contribution in [3.05, 3.63) is 47.1 Å². The van der Waals surface area contributed by atoms with Crippen LogP contribution in [0, 0.1) is 0 Å². The third kappa shape index (κ3) is 11.8. The SMILES string of the molecule is C/C=C\CC/C(C)=C/Cc1c(O)cc(CCCCC)cc1O.CC.CC. The molecule has 1 rings (SSSR count). The summed E-state index contributed by atoms with van der Waals surface area (Å²) in [7, 11) is 0. The lowest BCUT2D eigenvalue weighted by atomic mass is 10.0. The van der Waals surface area contributed by atoms with E-state index in [2.05, 4.69) is 32.1 Å². The Morgan fingerprint density at radius 3 is 2.08 bits per heavy atom. The minimum absolute atomic E-state index is 0.212. The van der Waals surface area contributed by atoms with Crippen molar-refractivity contribution < 1.29 is 10.2 Å². The third-order valence-electron chi connectivity index (χ3n) is 3.93. The van der Waals surface area contributed by atoms with Crippen LogP contribution in [-0.4, -0.2) is 10.2 Å². The Morgan fingerprint density at radius 2 is 1.58 bits per heavy atom. The molecule has 0 aliphatic heterocycles. The maximum atomic E-state index is 10.2. The molecule has 0 spiro atoms. The number of phenols is 2. The molecule has 0 heterocycles. The van der Waals surface area contributed by atoms with Crippen molar-refractivity contribution in [3.63, 3.8) is 0 Å². The van der Waals surface area contributed by atoms with E-state index in [1.807, 2.05) is 34.6 Å². The zero-order valence-corrected chi connectivity index (χ0v) is 18.2. The Balaban J connectivity index is 0. The first-order valence-electron chi connectivity index (χ1n) is 10.4. The molecule has 0 radical (unpaired) electrons. The molecule has 2 heteroatoms. The summed E-state index contributed by atoms with van der Waals surface area (Å²) in [4.78, 5) is 0. The molecule has 0 aromatic heterocycles. The van der Waals surface area contributed by atoms with Gasteiger partial charge in [-0.2, -0.15) is 0 Å². The zero-order chi connectivity index (χ0) is 20.4.